The van der Waals surface area contributed by atoms with Crippen LogP contribution in [0.5, 0.6) is 11.5 Å². The number of hydrogen-bond acceptors (Lipinski definition) is 7. The van der Waals surface area contributed by atoms with Crippen molar-refractivity contribution in [3.63, 3.8) is 0 Å². The molecular formula is C30H23N2O5S-. The number of benzene rings is 3. The summed E-state index contributed by atoms with van der Waals surface area (Å²) in [7, 11) is 1.64. The number of fused-ring (bicyclic) bond motifs is 3. The highest BCUT2D eigenvalue weighted by atomic mass is 32.1. The molecule has 0 saturated carbocycles. The summed E-state index contributed by atoms with van der Waals surface area (Å²) in [4.78, 5) is 30.2. The molecule has 38 heavy (non-hydrogen) atoms. The lowest BCUT2D eigenvalue weighted by Gasteiger charge is -2.31. The number of aromatic nitrogens is 1. The summed E-state index contributed by atoms with van der Waals surface area (Å²) in [6, 6.07) is 22.8. The number of nitrogens with zero attached hydrogens (tertiary/aromatic N) is 2. The Bertz CT molecular complexity index is 1770. The highest BCUT2D eigenvalue weighted by Crippen LogP contribution is 2.41. The van der Waals surface area contributed by atoms with Crippen LogP contribution in [0.1, 0.15) is 34.7 Å². The van der Waals surface area contributed by atoms with E-state index in [1.165, 1.54) is 16.9 Å². The maximum absolute atomic E-state index is 13.9. The second-order valence-corrected chi connectivity index (χ2v) is 10.1. The standard InChI is InChI=1S/C30H24N2O5S/c1-36-22-7-4-6-20(16-22)28-24-14-11-19-5-2-3-8-23(19)27(24)31-30-32(28)29(35)25(38-30)15-18-9-12-21(13-10-18)37-17-26(33)34/h2-10,12-13,15-16,28H,11,14,17H2,1H3,(H,33,34)/p-1/b25-15-/t28-/m1/s1. The van der Waals surface area contributed by atoms with Crippen LogP contribution in [0.2, 0.25) is 0 Å². The number of carboxylic acids is 1. The van der Waals surface area contributed by atoms with Gasteiger partial charge in [0, 0.05) is 5.56 Å². The van der Waals surface area contributed by atoms with E-state index in [1.807, 2.05) is 36.4 Å². The number of allylic oxidation sites excluding steroid dienone is 1. The minimum absolute atomic E-state index is 0.107. The monoisotopic (exact) mass is 523 g/mol. The van der Waals surface area contributed by atoms with E-state index in [1.54, 1.807) is 35.9 Å². The topological polar surface area (TPSA) is 93.0 Å². The van der Waals surface area contributed by atoms with Gasteiger partial charge in [0.1, 0.15) is 18.1 Å². The zero-order valence-electron chi connectivity index (χ0n) is 20.5. The molecule has 0 spiro atoms. The summed E-state index contributed by atoms with van der Waals surface area (Å²) >= 11 is 1.36. The van der Waals surface area contributed by atoms with Gasteiger partial charge in [0.2, 0.25) is 0 Å². The van der Waals surface area contributed by atoms with Gasteiger partial charge in [-0.25, -0.2) is 4.99 Å². The maximum Gasteiger partial charge on any atom is 0.271 e. The second kappa shape index (κ2) is 9.79. The molecule has 0 radical (unpaired) electrons. The van der Waals surface area contributed by atoms with Crippen LogP contribution >= 0.6 is 11.3 Å². The van der Waals surface area contributed by atoms with E-state index in [0.717, 1.165) is 46.6 Å². The molecule has 0 N–H and O–H groups in total. The fraction of sp³-hybridized carbons (Fsp3) is 0.167. The zero-order valence-corrected chi connectivity index (χ0v) is 21.4. The molecule has 4 aromatic rings. The lowest BCUT2D eigenvalue weighted by atomic mass is 9.83. The predicted molar refractivity (Wildman–Crippen MR) is 143 cm³/mol. The Kier molecular flexibility index (Phi) is 6.17. The zero-order chi connectivity index (χ0) is 26.2. The van der Waals surface area contributed by atoms with Gasteiger partial charge in [0.15, 0.2) is 4.80 Å². The quantitative estimate of drug-likeness (QED) is 0.387. The summed E-state index contributed by atoms with van der Waals surface area (Å²) in [5.41, 5.74) is 6.12. The maximum atomic E-state index is 13.9. The minimum Gasteiger partial charge on any atom is -0.546 e. The van der Waals surface area contributed by atoms with Crippen molar-refractivity contribution in [1.29, 1.82) is 0 Å². The Labute approximate surface area is 222 Å². The predicted octanol–water partition coefficient (Wildman–Crippen LogP) is 2.46. The summed E-state index contributed by atoms with van der Waals surface area (Å²) in [5.74, 6) is -0.135. The van der Waals surface area contributed by atoms with Gasteiger partial charge < -0.3 is 19.4 Å². The van der Waals surface area contributed by atoms with Crippen LogP contribution in [0.3, 0.4) is 0 Å². The van der Waals surface area contributed by atoms with Crippen molar-refractivity contribution < 1.29 is 19.4 Å². The molecule has 1 atom stereocenters. The molecule has 2 aliphatic rings. The average molecular weight is 524 g/mol. The van der Waals surface area contributed by atoms with Crippen molar-refractivity contribution in [2.75, 3.05) is 13.7 Å². The number of aryl methyl sites for hydroxylation is 1. The van der Waals surface area contributed by atoms with E-state index >= 15 is 0 Å². The molecule has 1 aliphatic heterocycles. The van der Waals surface area contributed by atoms with Gasteiger partial charge in [-0.15, -0.1) is 0 Å². The van der Waals surface area contributed by atoms with Gasteiger partial charge in [-0.3, -0.25) is 9.36 Å². The molecular weight excluding hydrogens is 500 g/mol. The molecule has 190 valence electrons. The number of aliphatic carboxylic acids is 1. The van der Waals surface area contributed by atoms with E-state index in [-0.39, 0.29) is 11.6 Å². The van der Waals surface area contributed by atoms with E-state index in [9.17, 15) is 14.7 Å². The van der Waals surface area contributed by atoms with Gasteiger partial charge in [0.25, 0.3) is 5.56 Å². The lowest BCUT2D eigenvalue weighted by Crippen LogP contribution is -2.38. The number of rotatable bonds is 6. The number of methoxy groups -OCH3 is 1. The summed E-state index contributed by atoms with van der Waals surface area (Å²) in [6.07, 6.45) is 3.53. The number of carbonyl (C=O) groups is 1. The Balaban J connectivity index is 1.50. The molecule has 6 rings (SSSR count). The number of hydrogen-bond donors (Lipinski definition) is 0. The minimum atomic E-state index is -1.29. The molecule has 8 heteroatoms. The molecule has 0 amide bonds. The first-order chi connectivity index (χ1) is 18.5. The molecule has 1 aliphatic carbocycles. The second-order valence-electron chi connectivity index (χ2n) is 9.12. The smallest absolute Gasteiger partial charge is 0.271 e. The van der Waals surface area contributed by atoms with Gasteiger partial charge in [-0.1, -0.05) is 59.9 Å². The van der Waals surface area contributed by atoms with Crippen LogP contribution in [0.25, 0.3) is 11.8 Å². The van der Waals surface area contributed by atoms with Crippen LogP contribution in [0.15, 0.2) is 88.2 Å². The van der Waals surface area contributed by atoms with E-state index in [4.69, 9.17) is 14.5 Å². The average Bonchev–Trinajstić information content (AvgIpc) is 3.25. The SMILES string of the molecule is COc1cccc([C@@H]2C3=C(N=c4s/c(=C\c5ccc(OCC(=O)[O-])cc5)c(=O)n42)c2ccccc2CC3)c1. The number of thiazole rings is 1. The Morgan fingerprint density at radius 1 is 1.08 bits per heavy atom. The molecule has 1 aromatic heterocycles. The largest absolute Gasteiger partial charge is 0.546 e. The lowest BCUT2D eigenvalue weighted by molar-refractivity contribution is -0.307. The van der Waals surface area contributed by atoms with Gasteiger partial charge in [0.05, 0.1) is 29.4 Å². The number of ether oxygens (including phenoxy) is 2. The summed E-state index contributed by atoms with van der Waals surface area (Å²) in [5, 5.41) is 10.6. The van der Waals surface area contributed by atoms with Gasteiger partial charge in [-0.2, -0.15) is 0 Å². The highest BCUT2D eigenvalue weighted by Gasteiger charge is 2.32. The molecule has 7 nitrogen and oxygen atoms in total. The summed E-state index contributed by atoms with van der Waals surface area (Å²) in [6.45, 7) is -0.518. The van der Waals surface area contributed by atoms with E-state index in [2.05, 4.69) is 18.2 Å². The van der Waals surface area contributed by atoms with E-state index in [0.29, 0.717) is 15.1 Å². The van der Waals surface area contributed by atoms with Crippen molar-refractivity contribution in [3.8, 4) is 11.5 Å². The first kappa shape index (κ1) is 23.9. The van der Waals surface area contributed by atoms with Crippen LogP contribution in [-0.2, 0) is 11.2 Å². The molecule has 0 fully saturated rings. The number of carbonyl (C=O) groups excluding carboxylic acids is 1. The highest BCUT2D eigenvalue weighted by molar-refractivity contribution is 7.07. The fourth-order valence-corrected chi connectivity index (χ4v) is 6.09. The third kappa shape index (κ3) is 4.33. The van der Waals surface area contributed by atoms with Crippen LogP contribution < -0.4 is 29.5 Å². The van der Waals surface area contributed by atoms with E-state index < -0.39 is 12.6 Å². The van der Waals surface area contributed by atoms with Gasteiger partial charge >= 0.3 is 0 Å². The first-order valence-corrected chi connectivity index (χ1v) is 13.0. The van der Waals surface area contributed by atoms with Gasteiger partial charge in [-0.05, 0) is 65.4 Å². The molecule has 0 saturated heterocycles. The van der Waals surface area contributed by atoms with Crippen molar-refractivity contribution in [2.24, 2.45) is 4.99 Å². The van der Waals surface area contributed by atoms with Crippen LogP contribution in [0, 0.1) is 0 Å². The Hall–Kier alpha value is -4.43. The van der Waals surface area contributed by atoms with Crippen molar-refractivity contribution in [3.05, 3.63) is 120 Å². The fourth-order valence-electron chi connectivity index (χ4n) is 5.09. The third-order valence-electron chi connectivity index (χ3n) is 6.82. The first-order valence-electron chi connectivity index (χ1n) is 12.2. The van der Waals surface area contributed by atoms with Crippen molar-refractivity contribution >= 4 is 29.1 Å². The van der Waals surface area contributed by atoms with Crippen LogP contribution in [0.4, 0.5) is 0 Å². The van der Waals surface area contributed by atoms with Crippen molar-refractivity contribution in [1.82, 2.24) is 4.57 Å². The van der Waals surface area contributed by atoms with Crippen molar-refractivity contribution in [2.45, 2.75) is 18.9 Å². The molecule has 2 heterocycles. The Morgan fingerprint density at radius 3 is 2.68 bits per heavy atom. The van der Waals surface area contributed by atoms with Crippen LogP contribution in [-0.4, -0.2) is 24.3 Å². The third-order valence-corrected chi connectivity index (χ3v) is 7.80. The normalized spacial score (nSPS) is 16.2. The molecule has 0 bridgehead atoms. The number of carboxylic acid groups (broad SMARTS) is 1. The molecule has 3 aromatic carbocycles. The summed E-state index contributed by atoms with van der Waals surface area (Å²) < 4.78 is 13.0. The Morgan fingerprint density at radius 2 is 1.89 bits per heavy atom. The molecule has 0 unspecified atom stereocenters.